The van der Waals surface area contributed by atoms with Crippen LogP contribution in [-0.2, 0) is 0 Å². The van der Waals surface area contributed by atoms with Crippen molar-refractivity contribution in [2.24, 2.45) is 5.92 Å². The van der Waals surface area contributed by atoms with Crippen molar-refractivity contribution in [1.82, 2.24) is 4.98 Å². The summed E-state index contributed by atoms with van der Waals surface area (Å²) in [5.41, 5.74) is 1.91. The lowest BCUT2D eigenvalue weighted by atomic mass is 9.84. The number of hydrogen-bond acceptors (Lipinski definition) is 3. The molecule has 2 aliphatic heterocycles. The highest BCUT2D eigenvalue weighted by Crippen LogP contribution is 2.44. The van der Waals surface area contributed by atoms with Crippen molar-refractivity contribution < 1.29 is 4.79 Å². The Kier molecular flexibility index (Phi) is 3.42. The highest BCUT2D eigenvalue weighted by molar-refractivity contribution is 8.00. The molecule has 2 nitrogen and oxygen atoms in total. The van der Waals surface area contributed by atoms with Crippen molar-refractivity contribution in [3.05, 3.63) is 29.6 Å². The second-order valence-corrected chi connectivity index (χ2v) is 7.14. The van der Waals surface area contributed by atoms with Crippen molar-refractivity contribution in [2.75, 3.05) is 0 Å². The molecule has 0 saturated carbocycles. The van der Waals surface area contributed by atoms with E-state index in [0.717, 1.165) is 34.5 Å². The van der Waals surface area contributed by atoms with E-state index in [-0.39, 0.29) is 5.92 Å². The molecule has 3 heteroatoms. The molecule has 1 aromatic heterocycles. The standard InChI is InChI=1S/C15H19NOS/c1-10-5-6-16-9-14(10)15(17)11-7-12-3-2-4-13(8-11)18-12/h5-6,9,11-13H,2-4,7-8H2,1H3. The third-order valence-electron chi connectivity index (χ3n) is 4.21. The maximum Gasteiger partial charge on any atom is 0.167 e. The van der Waals surface area contributed by atoms with Crippen molar-refractivity contribution in [3.63, 3.8) is 0 Å². The number of thioether (sulfide) groups is 1. The highest BCUT2D eigenvalue weighted by atomic mass is 32.2. The van der Waals surface area contributed by atoms with E-state index >= 15 is 0 Å². The average molecular weight is 261 g/mol. The zero-order chi connectivity index (χ0) is 12.5. The van der Waals surface area contributed by atoms with Crippen LogP contribution in [0.3, 0.4) is 0 Å². The number of nitrogens with zero attached hydrogens (tertiary/aromatic N) is 1. The van der Waals surface area contributed by atoms with Crippen LogP contribution in [0.1, 0.15) is 48.0 Å². The van der Waals surface area contributed by atoms with Gasteiger partial charge in [0.2, 0.25) is 0 Å². The van der Waals surface area contributed by atoms with Gasteiger partial charge >= 0.3 is 0 Å². The number of fused-ring (bicyclic) bond motifs is 2. The third kappa shape index (κ3) is 2.33. The maximum absolute atomic E-state index is 12.6. The van der Waals surface area contributed by atoms with Gasteiger partial charge in [0, 0.05) is 34.4 Å². The Balaban J connectivity index is 1.79. The number of Topliss-reactive ketones (excluding diaryl/α,β-unsaturated/α-hetero) is 1. The number of hydrogen-bond donors (Lipinski definition) is 0. The van der Waals surface area contributed by atoms with Crippen LogP contribution >= 0.6 is 11.8 Å². The first kappa shape index (κ1) is 12.2. The Morgan fingerprint density at radius 2 is 2.06 bits per heavy atom. The molecule has 0 aromatic carbocycles. The molecule has 1 aromatic rings. The van der Waals surface area contributed by atoms with Crippen molar-refractivity contribution in [2.45, 2.75) is 49.5 Å². The molecule has 0 radical (unpaired) electrons. The lowest BCUT2D eigenvalue weighted by Gasteiger charge is -2.38. The van der Waals surface area contributed by atoms with E-state index in [1.165, 1.54) is 19.3 Å². The molecule has 0 aliphatic carbocycles. The quantitative estimate of drug-likeness (QED) is 0.761. The first-order valence-corrected chi connectivity index (χ1v) is 7.78. The fraction of sp³-hybridized carbons (Fsp3) is 0.600. The van der Waals surface area contributed by atoms with Gasteiger partial charge in [0.05, 0.1) is 0 Å². The number of ketones is 1. The van der Waals surface area contributed by atoms with Gasteiger partial charge in [0.25, 0.3) is 0 Å². The minimum Gasteiger partial charge on any atom is -0.294 e. The minimum atomic E-state index is 0.240. The Bertz CT molecular complexity index is 448. The van der Waals surface area contributed by atoms with Crippen LogP contribution in [-0.4, -0.2) is 21.3 Å². The third-order valence-corrected chi connectivity index (χ3v) is 5.83. The molecule has 2 unspecified atom stereocenters. The Labute approximate surface area is 113 Å². The highest BCUT2D eigenvalue weighted by Gasteiger charge is 2.36. The zero-order valence-corrected chi connectivity index (χ0v) is 11.6. The number of carbonyl (C=O) groups excluding carboxylic acids is 1. The van der Waals surface area contributed by atoms with Crippen LogP contribution < -0.4 is 0 Å². The van der Waals surface area contributed by atoms with Gasteiger partial charge in [-0.05, 0) is 44.2 Å². The normalized spacial score (nSPS) is 31.1. The fourth-order valence-corrected chi connectivity index (χ4v) is 5.05. The molecule has 2 fully saturated rings. The molecule has 18 heavy (non-hydrogen) atoms. The monoisotopic (exact) mass is 261 g/mol. The molecule has 96 valence electrons. The Hall–Kier alpha value is -0.830. The topological polar surface area (TPSA) is 30.0 Å². The van der Waals surface area contributed by atoms with Gasteiger partial charge in [-0.3, -0.25) is 9.78 Å². The number of aromatic nitrogens is 1. The van der Waals surface area contributed by atoms with Gasteiger partial charge in [-0.25, -0.2) is 0 Å². The fourth-order valence-electron chi connectivity index (χ4n) is 3.22. The first-order valence-electron chi connectivity index (χ1n) is 6.84. The van der Waals surface area contributed by atoms with Gasteiger partial charge in [-0.2, -0.15) is 11.8 Å². The summed E-state index contributed by atoms with van der Waals surface area (Å²) in [6, 6.07) is 1.94. The van der Waals surface area contributed by atoms with Gasteiger partial charge < -0.3 is 0 Å². The van der Waals surface area contributed by atoms with E-state index in [1.54, 1.807) is 12.4 Å². The molecule has 0 spiro atoms. The molecule has 3 heterocycles. The molecule has 2 aliphatic rings. The summed E-state index contributed by atoms with van der Waals surface area (Å²) in [5, 5.41) is 1.45. The van der Waals surface area contributed by atoms with Crippen LogP contribution in [0.25, 0.3) is 0 Å². The summed E-state index contributed by atoms with van der Waals surface area (Å²) in [6.07, 6.45) is 9.62. The van der Waals surface area contributed by atoms with Crippen LogP contribution in [0, 0.1) is 12.8 Å². The maximum atomic E-state index is 12.6. The number of rotatable bonds is 2. The summed E-state index contributed by atoms with van der Waals surface area (Å²) >= 11 is 2.13. The molecule has 2 bridgehead atoms. The van der Waals surface area contributed by atoms with Crippen LogP contribution in [0.2, 0.25) is 0 Å². The van der Waals surface area contributed by atoms with Crippen molar-refractivity contribution in [3.8, 4) is 0 Å². The lowest BCUT2D eigenvalue weighted by molar-refractivity contribution is 0.0895. The van der Waals surface area contributed by atoms with Gasteiger partial charge in [0.1, 0.15) is 0 Å². The summed E-state index contributed by atoms with van der Waals surface area (Å²) in [5.74, 6) is 0.572. The van der Waals surface area contributed by atoms with Crippen LogP contribution in [0.4, 0.5) is 0 Å². The molecule has 0 N–H and O–H groups in total. The Morgan fingerprint density at radius 1 is 1.33 bits per heavy atom. The van der Waals surface area contributed by atoms with Crippen molar-refractivity contribution in [1.29, 1.82) is 0 Å². The number of aryl methyl sites for hydroxylation is 1. The summed E-state index contributed by atoms with van der Waals surface area (Å²) in [7, 11) is 0. The van der Waals surface area contributed by atoms with E-state index in [0.29, 0.717) is 5.78 Å². The van der Waals surface area contributed by atoms with Crippen molar-refractivity contribution >= 4 is 17.5 Å². The van der Waals surface area contributed by atoms with E-state index in [2.05, 4.69) is 16.7 Å². The van der Waals surface area contributed by atoms with Gasteiger partial charge in [-0.15, -0.1) is 0 Å². The predicted octanol–water partition coefficient (Wildman–Crippen LogP) is 3.64. The summed E-state index contributed by atoms with van der Waals surface area (Å²) in [4.78, 5) is 16.7. The van der Waals surface area contributed by atoms with Crippen LogP contribution in [0.15, 0.2) is 18.5 Å². The second kappa shape index (κ2) is 5.04. The Morgan fingerprint density at radius 3 is 2.72 bits per heavy atom. The minimum absolute atomic E-state index is 0.240. The molecular weight excluding hydrogens is 242 g/mol. The first-order chi connectivity index (χ1) is 8.74. The van der Waals surface area contributed by atoms with E-state index < -0.39 is 0 Å². The summed E-state index contributed by atoms with van der Waals surface area (Å²) in [6.45, 7) is 2.01. The average Bonchev–Trinajstić information content (AvgIpc) is 2.38. The molecule has 2 atom stereocenters. The van der Waals surface area contributed by atoms with E-state index in [1.807, 2.05) is 13.0 Å². The SMILES string of the molecule is Cc1ccncc1C(=O)C1CC2CCCC(C1)S2. The predicted molar refractivity (Wildman–Crippen MR) is 75.0 cm³/mol. The molecule has 0 amide bonds. The smallest absolute Gasteiger partial charge is 0.167 e. The number of carbonyl (C=O) groups is 1. The van der Waals surface area contributed by atoms with E-state index in [9.17, 15) is 4.79 Å². The van der Waals surface area contributed by atoms with Crippen LogP contribution in [0.5, 0.6) is 0 Å². The lowest BCUT2D eigenvalue weighted by Crippen LogP contribution is -2.33. The zero-order valence-electron chi connectivity index (χ0n) is 10.8. The molecular formula is C15H19NOS. The van der Waals surface area contributed by atoms with Gasteiger partial charge in [-0.1, -0.05) is 6.42 Å². The molecule has 2 saturated heterocycles. The second-order valence-electron chi connectivity index (χ2n) is 5.53. The largest absolute Gasteiger partial charge is 0.294 e. The molecule has 3 rings (SSSR count). The number of pyridine rings is 1. The van der Waals surface area contributed by atoms with Gasteiger partial charge in [0.15, 0.2) is 5.78 Å². The summed E-state index contributed by atoms with van der Waals surface area (Å²) < 4.78 is 0. The van der Waals surface area contributed by atoms with E-state index in [4.69, 9.17) is 0 Å².